The van der Waals surface area contributed by atoms with Crippen molar-refractivity contribution in [2.75, 3.05) is 18.0 Å². The molecule has 0 aliphatic heterocycles. The SMILES string of the molecule is CCN(CC)c1ccc(C=[N+]([O-])c2ccc(CC(=O)O)cc2)cc1. The van der Waals surface area contributed by atoms with Crippen molar-refractivity contribution in [3.05, 3.63) is 64.9 Å². The van der Waals surface area contributed by atoms with E-state index in [0.717, 1.165) is 29.1 Å². The molecule has 5 heteroatoms. The number of hydrogen-bond acceptors (Lipinski definition) is 3. The van der Waals surface area contributed by atoms with Gasteiger partial charge in [0, 0.05) is 36.5 Å². The van der Waals surface area contributed by atoms with Gasteiger partial charge < -0.3 is 15.2 Å². The van der Waals surface area contributed by atoms with Gasteiger partial charge >= 0.3 is 5.97 Å². The smallest absolute Gasteiger partial charge is 0.307 e. The van der Waals surface area contributed by atoms with Gasteiger partial charge in [-0.15, -0.1) is 0 Å². The minimum absolute atomic E-state index is 0.0460. The first-order chi connectivity index (χ1) is 11.5. The zero-order chi connectivity index (χ0) is 17.5. The third-order valence-electron chi connectivity index (χ3n) is 3.83. The number of carbonyl (C=O) groups is 1. The van der Waals surface area contributed by atoms with Crippen LogP contribution in [0.25, 0.3) is 0 Å². The molecule has 0 spiro atoms. The average Bonchev–Trinajstić information content (AvgIpc) is 2.57. The number of carboxylic acid groups (broad SMARTS) is 1. The molecule has 0 saturated heterocycles. The zero-order valence-electron chi connectivity index (χ0n) is 14.0. The van der Waals surface area contributed by atoms with Gasteiger partial charge in [0.05, 0.1) is 6.42 Å². The first kappa shape index (κ1) is 17.5. The van der Waals surface area contributed by atoms with Gasteiger partial charge in [0.15, 0.2) is 6.21 Å². The van der Waals surface area contributed by atoms with E-state index in [0.29, 0.717) is 11.3 Å². The molecular weight excluding hydrogens is 304 g/mol. The van der Waals surface area contributed by atoms with E-state index < -0.39 is 5.97 Å². The Balaban J connectivity index is 2.13. The van der Waals surface area contributed by atoms with Gasteiger partial charge in [-0.3, -0.25) is 4.79 Å². The van der Waals surface area contributed by atoms with Crippen LogP contribution in [0.4, 0.5) is 11.4 Å². The fourth-order valence-electron chi connectivity index (χ4n) is 2.51. The van der Waals surface area contributed by atoms with Crippen molar-refractivity contribution in [2.45, 2.75) is 20.3 Å². The summed E-state index contributed by atoms with van der Waals surface area (Å²) in [6.07, 6.45) is 1.47. The van der Waals surface area contributed by atoms with E-state index >= 15 is 0 Å². The number of benzene rings is 2. The summed E-state index contributed by atoms with van der Waals surface area (Å²) in [7, 11) is 0. The van der Waals surface area contributed by atoms with E-state index in [1.54, 1.807) is 24.3 Å². The number of carboxylic acids is 1. The van der Waals surface area contributed by atoms with Crippen molar-refractivity contribution in [1.82, 2.24) is 0 Å². The summed E-state index contributed by atoms with van der Waals surface area (Å²) in [6, 6.07) is 14.4. The van der Waals surface area contributed by atoms with Gasteiger partial charge in [-0.2, -0.15) is 4.74 Å². The number of aliphatic carboxylic acids is 1. The molecule has 0 saturated carbocycles. The Kier molecular flexibility index (Phi) is 5.95. The second-order valence-electron chi connectivity index (χ2n) is 5.46. The predicted octanol–water partition coefficient (Wildman–Crippen LogP) is 3.42. The number of nitrogens with zero attached hydrogens (tertiary/aromatic N) is 2. The van der Waals surface area contributed by atoms with Gasteiger partial charge in [0.2, 0.25) is 5.69 Å². The molecule has 0 radical (unpaired) electrons. The van der Waals surface area contributed by atoms with E-state index in [9.17, 15) is 10.0 Å². The third kappa shape index (κ3) is 4.59. The fourth-order valence-corrected chi connectivity index (χ4v) is 2.51. The molecule has 0 aliphatic carbocycles. The Hall–Kier alpha value is -2.82. The molecule has 0 aromatic heterocycles. The van der Waals surface area contributed by atoms with Gasteiger partial charge in [-0.25, -0.2) is 0 Å². The number of hydrogen-bond donors (Lipinski definition) is 1. The molecule has 0 unspecified atom stereocenters. The van der Waals surface area contributed by atoms with E-state index in [-0.39, 0.29) is 6.42 Å². The quantitative estimate of drug-likeness (QED) is 0.366. The molecule has 1 N–H and O–H groups in total. The van der Waals surface area contributed by atoms with Crippen molar-refractivity contribution in [3.8, 4) is 0 Å². The van der Waals surface area contributed by atoms with Crippen molar-refractivity contribution in [3.63, 3.8) is 0 Å². The minimum atomic E-state index is -0.887. The van der Waals surface area contributed by atoms with Crippen LogP contribution in [-0.4, -0.2) is 35.1 Å². The summed E-state index contributed by atoms with van der Waals surface area (Å²) in [4.78, 5) is 12.9. The first-order valence-electron chi connectivity index (χ1n) is 8.00. The van der Waals surface area contributed by atoms with Crippen LogP contribution in [0.15, 0.2) is 48.5 Å². The molecule has 0 fully saturated rings. The van der Waals surface area contributed by atoms with Crippen molar-refractivity contribution >= 4 is 23.6 Å². The standard InChI is InChI=1S/C19H22N2O3/c1-3-20(4-2)17-9-7-16(8-10-17)14-21(24)18-11-5-15(6-12-18)13-19(22)23/h5-12,14H,3-4,13H2,1-2H3,(H,22,23). The highest BCUT2D eigenvalue weighted by Crippen LogP contribution is 2.16. The molecule has 0 atom stereocenters. The lowest BCUT2D eigenvalue weighted by Gasteiger charge is -2.20. The summed E-state index contributed by atoms with van der Waals surface area (Å²) in [5.41, 5.74) is 3.09. The topological polar surface area (TPSA) is 66.6 Å². The van der Waals surface area contributed by atoms with Gasteiger partial charge in [-0.05, 0) is 43.7 Å². The maximum atomic E-state index is 12.2. The number of rotatable bonds is 7. The third-order valence-corrected chi connectivity index (χ3v) is 3.83. The Morgan fingerprint density at radius 3 is 2.17 bits per heavy atom. The van der Waals surface area contributed by atoms with Crippen LogP contribution in [0.5, 0.6) is 0 Å². The van der Waals surface area contributed by atoms with Crippen LogP contribution in [0.3, 0.4) is 0 Å². The highest BCUT2D eigenvalue weighted by molar-refractivity contribution is 5.77. The lowest BCUT2D eigenvalue weighted by atomic mass is 10.1. The van der Waals surface area contributed by atoms with Gasteiger partial charge in [-0.1, -0.05) is 12.1 Å². The maximum absolute atomic E-state index is 12.2. The summed E-state index contributed by atoms with van der Waals surface area (Å²) < 4.78 is 0.789. The molecule has 2 aromatic rings. The molecule has 5 nitrogen and oxygen atoms in total. The predicted molar refractivity (Wildman–Crippen MR) is 96.2 cm³/mol. The molecule has 0 amide bonds. The summed E-state index contributed by atoms with van der Waals surface area (Å²) >= 11 is 0. The van der Waals surface area contributed by atoms with Gasteiger partial charge in [0.25, 0.3) is 0 Å². The van der Waals surface area contributed by atoms with Crippen LogP contribution in [0, 0.1) is 5.21 Å². The molecule has 0 bridgehead atoms. The van der Waals surface area contributed by atoms with E-state index in [4.69, 9.17) is 5.11 Å². The Bertz CT molecular complexity index is 702. The summed E-state index contributed by atoms with van der Waals surface area (Å²) in [5, 5.41) is 21.0. The molecule has 126 valence electrons. The Morgan fingerprint density at radius 2 is 1.67 bits per heavy atom. The Labute approximate surface area is 142 Å². The molecule has 24 heavy (non-hydrogen) atoms. The average molecular weight is 326 g/mol. The zero-order valence-corrected chi connectivity index (χ0v) is 14.0. The minimum Gasteiger partial charge on any atom is -0.618 e. The van der Waals surface area contributed by atoms with E-state index in [1.807, 2.05) is 24.3 Å². The van der Waals surface area contributed by atoms with Crippen molar-refractivity contribution in [2.24, 2.45) is 0 Å². The second kappa shape index (κ2) is 8.15. The normalized spacial score (nSPS) is 11.3. The van der Waals surface area contributed by atoms with Crippen LogP contribution in [0.2, 0.25) is 0 Å². The van der Waals surface area contributed by atoms with Crippen LogP contribution < -0.4 is 4.90 Å². The monoisotopic (exact) mass is 326 g/mol. The lowest BCUT2D eigenvalue weighted by molar-refractivity contribution is -0.354. The van der Waals surface area contributed by atoms with E-state index in [2.05, 4.69) is 18.7 Å². The molecule has 0 heterocycles. The highest BCUT2D eigenvalue weighted by Gasteiger charge is 2.06. The molecule has 2 aromatic carbocycles. The Morgan fingerprint density at radius 1 is 1.08 bits per heavy atom. The number of anilines is 1. The van der Waals surface area contributed by atoms with Crippen LogP contribution >= 0.6 is 0 Å². The first-order valence-corrected chi connectivity index (χ1v) is 8.00. The fraction of sp³-hybridized carbons (Fsp3) is 0.263. The van der Waals surface area contributed by atoms with E-state index in [1.165, 1.54) is 6.21 Å². The summed E-state index contributed by atoms with van der Waals surface area (Å²) in [5.74, 6) is -0.887. The molecule has 2 rings (SSSR count). The molecular formula is C19H22N2O3. The summed E-state index contributed by atoms with van der Waals surface area (Å²) in [6.45, 7) is 6.10. The molecule has 0 aliphatic rings. The van der Waals surface area contributed by atoms with Crippen LogP contribution in [0.1, 0.15) is 25.0 Å². The highest BCUT2D eigenvalue weighted by atomic mass is 16.5. The van der Waals surface area contributed by atoms with Gasteiger partial charge in [0.1, 0.15) is 0 Å². The largest absolute Gasteiger partial charge is 0.618 e. The maximum Gasteiger partial charge on any atom is 0.307 e. The van der Waals surface area contributed by atoms with Crippen molar-refractivity contribution < 1.29 is 14.6 Å². The lowest BCUT2D eigenvalue weighted by Crippen LogP contribution is -2.21. The van der Waals surface area contributed by atoms with Crippen LogP contribution in [-0.2, 0) is 11.2 Å². The van der Waals surface area contributed by atoms with Crippen molar-refractivity contribution in [1.29, 1.82) is 0 Å². The second-order valence-corrected chi connectivity index (χ2v) is 5.46.